The standard InChI is InChI=1S/C20H29N3O3/c1-15(2)16-9-6-11-22(12-10-16)13-18(24)14-23-19(21-26-20(23)25)17-7-4-3-5-8-17/h3-5,7-8,15-16,18,24H,6,9-14H2,1-2H3. The Labute approximate surface area is 154 Å². The van der Waals surface area contributed by atoms with Crippen molar-refractivity contribution in [2.75, 3.05) is 19.6 Å². The largest absolute Gasteiger partial charge is 0.441 e. The Morgan fingerprint density at radius 2 is 1.96 bits per heavy atom. The Hall–Kier alpha value is -1.92. The van der Waals surface area contributed by atoms with E-state index in [4.69, 9.17) is 4.52 Å². The monoisotopic (exact) mass is 359 g/mol. The summed E-state index contributed by atoms with van der Waals surface area (Å²) >= 11 is 0. The van der Waals surface area contributed by atoms with E-state index in [9.17, 15) is 9.90 Å². The van der Waals surface area contributed by atoms with Gasteiger partial charge in [-0.3, -0.25) is 9.09 Å². The van der Waals surface area contributed by atoms with E-state index in [1.54, 1.807) is 0 Å². The summed E-state index contributed by atoms with van der Waals surface area (Å²) in [5.74, 6) is 1.41. The highest BCUT2D eigenvalue weighted by molar-refractivity contribution is 5.54. The summed E-state index contributed by atoms with van der Waals surface area (Å²) in [5, 5.41) is 14.4. The van der Waals surface area contributed by atoms with Crippen molar-refractivity contribution in [2.45, 2.75) is 45.8 Å². The molecule has 1 saturated heterocycles. The fourth-order valence-corrected chi connectivity index (χ4v) is 3.82. The number of rotatable bonds is 6. The number of β-amino-alcohol motifs (C(OH)–C–C–N with tert-alkyl or cyclic N) is 1. The van der Waals surface area contributed by atoms with Crippen LogP contribution >= 0.6 is 0 Å². The number of nitrogens with zero attached hydrogens (tertiary/aromatic N) is 3. The van der Waals surface area contributed by atoms with Gasteiger partial charge in [-0.1, -0.05) is 49.3 Å². The van der Waals surface area contributed by atoms with Gasteiger partial charge in [0.05, 0.1) is 12.6 Å². The Balaban J connectivity index is 1.63. The quantitative estimate of drug-likeness (QED) is 0.858. The van der Waals surface area contributed by atoms with Gasteiger partial charge in [0.25, 0.3) is 0 Å². The van der Waals surface area contributed by atoms with Crippen molar-refractivity contribution in [3.63, 3.8) is 0 Å². The maximum absolute atomic E-state index is 12.0. The van der Waals surface area contributed by atoms with Gasteiger partial charge in [-0.25, -0.2) is 4.79 Å². The second-order valence-electron chi connectivity index (χ2n) is 7.64. The van der Waals surface area contributed by atoms with Gasteiger partial charge in [0.1, 0.15) is 0 Å². The second kappa shape index (κ2) is 8.64. The molecule has 1 aliphatic heterocycles. The zero-order valence-corrected chi connectivity index (χ0v) is 15.7. The predicted molar refractivity (Wildman–Crippen MR) is 101 cm³/mol. The Bertz CT molecular complexity index is 738. The molecule has 1 aliphatic rings. The number of benzene rings is 1. The van der Waals surface area contributed by atoms with Crippen LogP contribution in [-0.2, 0) is 6.54 Å². The van der Waals surface area contributed by atoms with Crippen LogP contribution in [0.25, 0.3) is 11.4 Å². The minimum Gasteiger partial charge on any atom is -0.390 e. The van der Waals surface area contributed by atoms with Crippen LogP contribution in [0.4, 0.5) is 0 Å². The fraction of sp³-hybridized carbons (Fsp3) is 0.600. The molecule has 2 aromatic rings. The first-order valence-electron chi connectivity index (χ1n) is 9.57. The van der Waals surface area contributed by atoms with E-state index in [1.165, 1.54) is 17.4 Å². The van der Waals surface area contributed by atoms with E-state index in [0.717, 1.165) is 31.0 Å². The normalized spacial score (nSPS) is 20.2. The van der Waals surface area contributed by atoms with Crippen molar-refractivity contribution < 1.29 is 9.63 Å². The lowest BCUT2D eigenvalue weighted by Crippen LogP contribution is -2.37. The molecule has 1 N–H and O–H groups in total. The Morgan fingerprint density at radius 1 is 1.19 bits per heavy atom. The average Bonchev–Trinajstić information content (AvgIpc) is 2.83. The minimum absolute atomic E-state index is 0.191. The summed E-state index contributed by atoms with van der Waals surface area (Å²) in [6.07, 6.45) is 2.96. The lowest BCUT2D eigenvalue weighted by molar-refractivity contribution is 0.0972. The average molecular weight is 359 g/mol. The SMILES string of the molecule is CC(C)C1CCCN(CC(O)Cn2c(-c3ccccc3)noc2=O)CC1. The van der Waals surface area contributed by atoms with E-state index >= 15 is 0 Å². The summed E-state index contributed by atoms with van der Waals surface area (Å²) < 4.78 is 6.26. The van der Waals surface area contributed by atoms with Gasteiger partial charge in [-0.2, -0.15) is 0 Å². The molecule has 3 rings (SSSR count). The van der Waals surface area contributed by atoms with Crippen LogP contribution in [0.1, 0.15) is 33.1 Å². The smallest absolute Gasteiger partial charge is 0.390 e. The molecule has 26 heavy (non-hydrogen) atoms. The van der Waals surface area contributed by atoms with Crippen molar-refractivity contribution in [1.82, 2.24) is 14.6 Å². The van der Waals surface area contributed by atoms with E-state index in [1.807, 2.05) is 30.3 Å². The third kappa shape index (κ3) is 4.62. The topological polar surface area (TPSA) is 71.5 Å². The van der Waals surface area contributed by atoms with Gasteiger partial charge >= 0.3 is 5.76 Å². The molecule has 2 atom stereocenters. The van der Waals surface area contributed by atoms with Gasteiger partial charge in [0, 0.05) is 12.1 Å². The van der Waals surface area contributed by atoms with Crippen LogP contribution in [0.3, 0.4) is 0 Å². The lowest BCUT2D eigenvalue weighted by Gasteiger charge is -2.24. The van der Waals surface area contributed by atoms with Gasteiger partial charge in [-0.15, -0.1) is 0 Å². The molecule has 6 heteroatoms. The van der Waals surface area contributed by atoms with Crippen molar-refractivity contribution in [2.24, 2.45) is 11.8 Å². The van der Waals surface area contributed by atoms with E-state index < -0.39 is 11.9 Å². The molecular weight excluding hydrogens is 330 g/mol. The minimum atomic E-state index is -0.634. The maximum atomic E-state index is 12.0. The molecule has 2 unspecified atom stereocenters. The number of hydrogen-bond donors (Lipinski definition) is 1. The van der Waals surface area contributed by atoms with Gasteiger partial charge < -0.3 is 10.0 Å². The highest BCUT2D eigenvalue weighted by atomic mass is 16.5. The Morgan fingerprint density at radius 3 is 2.69 bits per heavy atom. The number of aliphatic hydroxyl groups is 1. The van der Waals surface area contributed by atoms with Crippen molar-refractivity contribution in [3.05, 3.63) is 40.9 Å². The number of aliphatic hydroxyl groups excluding tert-OH is 1. The van der Waals surface area contributed by atoms with Crippen LogP contribution in [0.5, 0.6) is 0 Å². The Kier molecular flexibility index (Phi) is 6.27. The van der Waals surface area contributed by atoms with Crippen molar-refractivity contribution >= 4 is 0 Å². The molecule has 1 fully saturated rings. The number of hydrogen-bond acceptors (Lipinski definition) is 5. The fourth-order valence-electron chi connectivity index (χ4n) is 3.82. The summed E-state index contributed by atoms with van der Waals surface area (Å²) in [4.78, 5) is 14.3. The predicted octanol–water partition coefficient (Wildman–Crippen LogP) is 2.62. The summed E-state index contributed by atoms with van der Waals surface area (Å²) in [5.41, 5.74) is 0.806. The molecular formula is C20H29N3O3. The molecule has 0 saturated carbocycles. The third-order valence-corrected chi connectivity index (χ3v) is 5.39. The number of aromatic nitrogens is 2. The van der Waals surface area contributed by atoms with E-state index in [-0.39, 0.29) is 6.54 Å². The van der Waals surface area contributed by atoms with Crippen molar-refractivity contribution in [3.8, 4) is 11.4 Å². The van der Waals surface area contributed by atoms with Crippen LogP contribution in [0.15, 0.2) is 39.6 Å². The number of likely N-dealkylation sites (tertiary alicyclic amines) is 1. The first-order chi connectivity index (χ1) is 12.5. The summed E-state index contributed by atoms with van der Waals surface area (Å²) in [6.45, 7) is 7.35. The van der Waals surface area contributed by atoms with Crippen LogP contribution in [0.2, 0.25) is 0 Å². The summed E-state index contributed by atoms with van der Waals surface area (Å²) in [6, 6.07) is 9.43. The molecule has 1 aromatic heterocycles. The lowest BCUT2D eigenvalue weighted by atomic mass is 9.89. The first-order valence-corrected chi connectivity index (χ1v) is 9.57. The second-order valence-corrected chi connectivity index (χ2v) is 7.64. The zero-order valence-electron chi connectivity index (χ0n) is 15.7. The molecule has 0 spiro atoms. The highest BCUT2D eigenvalue weighted by Crippen LogP contribution is 2.24. The van der Waals surface area contributed by atoms with Gasteiger partial charge in [0.15, 0.2) is 5.82 Å². The van der Waals surface area contributed by atoms with Gasteiger partial charge in [0.2, 0.25) is 0 Å². The van der Waals surface area contributed by atoms with Gasteiger partial charge in [-0.05, 0) is 44.2 Å². The van der Waals surface area contributed by atoms with Crippen LogP contribution < -0.4 is 5.76 Å². The molecule has 0 aliphatic carbocycles. The molecule has 0 amide bonds. The van der Waals surface area contributed by atoms with Crippen molar-refractivity contribution in [1.29, 1.82) is 0 Å². The highest BCUT2D eigenvalue weighted by Gasteiger charge is 2.22. The maximum Gasteiger partial charge on any atom is 0.441 e. The molecule has 1 aromatic carbocycles. The van der Waals surface area contributed by atoms with E-state index in [2.05, 4.69) is 23.9 Å². The molecule has 0 bridgehead atoms. The molecule has 2 heterocycles. The van der Waals surface area contributed by atoms with Crippen LogP contribution in [-0.4, -0.2) is 45.5 Å². The molecule has 142 valence electrons. The molecule has 6 nitrogen and oxygen atoms in total. The zero-order chi connectivity index (χ0) is 18.5. The third-order valence-electron chi connectivity index (χ3n) is 5.39. The molecule has 0 radical (unpaired) electrons. The first kappa shape index (κ1) is 18.9. The van der Waals surface area contributed by atoms with E-state index in [0.29, 0.717) is 18.3 Å². The van der Waals surface area contributed by atoms with Crippen LogP contribution in [0, 0.1) is 11.8 Å². The summed E-state index contributed by atoms with van der Waals surface area (Å²) in [7, 11) is 0.